The van der Waals surface area contributed by atoms with E-state index in [1.54, 1.807) is 0 Å². The molecule has 5 heterocycles. The van der Waals surface area contributed by atoms with E-state index in [1.807, 2.05) is 0 Å². The molecule has 0 saturated carbocycles. The SMILES string of the molecule is c1cc2c3c(c1)c1ccc[n+]4c1n1c(c[n+](c31)C2)C4. The summed E-state index contributed by atoms with van der Waals surface area (Å²) in [7, 11) is 0. The largest absolute Gasteiger partial charge is 0.298 e. The lowest BCUT2D eigenvalue weighted by Crippen LogP contribution is -2.34. The lowest BCUT2D eigenvalue weighted by atomic mass is 10.0. The lowest BCUT2D eigenvalue weighted by molar-refractivity contribution is -0.671. The van der Waals surface area contributed by atoms with E-state index in [1.165, 1.54) is 38.7 Å². The van der Waals surface area contributed by atoms with Gasteiger partial charge in [0.05, 0.1) is 17.0 Å². The average Bonchev–Trinajstić information content (AvgIpc) is 3.04. The van der Waals surface area contributed by atoms with Crippen LogP contribution in [-0.2, 0) is 13.1 Å². The molecule has 88 valence electrons. The maximum atomic E-state index is 2.45. The Balaban J connectivity index is 2.16. The molecule has 0 atom stereocenters. The van der Waals surface area contributed by atoms with Crippen LogP contribution in [0.25, 0.3) is 27.5 Å². The van der Waals surface area contributed by atoms with Crippen molar-refractivity contribution in [3.63, 3.8) is 0 Å². The maximum absolute atomic E-state index is 2.45. The molecule has 0 saturated heterocycles. The minimum Gasteiger partial charge on any atom is -0.225 e. The number of hydrogen-bond donors (Lipinski definition) is 0. The van der Waals surface area contributed by atoms with Gasteiger partial charge >= 0.3 is 0 Å². The second-order valence-corrected chi connectivity index (χ2v) is 5.62. The van der Waals surface area contributed by atoms with E-state index in [-0.39, 0.29) is 0 Å². The standard InChI is InChI=1S/C16H11N3/c1-3-10-7-18-9-11-8-17-6-2-5-13-12(4-1)14(10)16(18)19(11)15(13)17/h1-6,9H,7-8H2/q+2. The lowest BCUT2D eigenvalue weighted by Gasteiger charge is -2.01. The van der Waals surface area contributed by atoms with E-state index in [0.717, 1.165) is 13.1 Å². The van der Waals surface area contributed by atoms with Gasteiger partial charge in [0, 0.05) is 10.9 Å². The summed E-state index contributed by atoms with van der Waals surface area (Å²) in [4.78, 5) is 0. The van der Waals surface area contributed by atoms with Crippen LogP contribution in [0, 0.1) is 0 Å². The minimum absolute atomic E-state index is 0.993. The first kappa shape index (κ1) is 8.64. The summed E-state index contributed by atoms with van der Waals surface area (Å²) in [5, 5.41) is 4.21. The molecule has 0 aliphatic carbocycles. The van der Waals surface area contributed by atoms with Gasteiger partial charge in [-0.25, -0.2) is 9.13 Å². The predicted octanol–water partition coefficient (Wildman–Crippen LogP) is 1.54. The fraction of sp³-hybridized carbons (Fsp3) is 0.125. The molecule has 3 nitrogen and oxygen atoms in total. The Morgan fingerprint density at radius 1 is 0.895 bits per heavy atom. The van der Waals surface area contributed by atoms with Crippen molar-refractivity contribution in [2.24, 2.45) is 0 Å². The third-order valence-electron chi connectivity index (χ3n) is 4.67. The number of imidazole rings is 1. The molecule has 1 aromatic carbocycles. The van der Waals surface area contributed by atoms with E-state index < -0.39 is 0 Å². The predicted molar refractivity (Wildman–Crippen MR) is 71.0 cm³/mol. The molecule has 19 heavy (non-hydrogen) atoms. The van der Waals surface area contributed by atoms with E-state index >= 15 is 0 Å². The smallest absolute Gasteiger partial charge is 0.225 e. The Morgan fingerprint density at radius 3 is 2.84 bits per heavy atom. The highest BCUT2D eigenvalue weighted by Crippen LogP contribution is 2.34. The van der Waals surface area contributed by atoms with Gasteiger partial charge in [0.15, 0.2) is 12.2 Å². The van der Waals surface area contributed by atoms with Crippen molar-refractivity contribution in [3.05, 3.63) is 54.0 Å². The van der Waals surface area contributed by atoms with Gasteiger partial charge in [-0.2, -0.15) is 4.40 Å². The summed E-state index contributed by atoms with van der Waals surface area (Å²) in [6.45, 7) is 2.01. The molecule has 6 rings (SSSR count). The number of rotatable bonds is 0. The normalized spacial score (nSPS) is 14.9. The summed E-state index contributed by atoms with van der Waals surface area (Å²) in [5.41, 5.74) is 5.58. The Labute approximate surface area is 108 Å². The van der Waals surface area contributed by atoms with Gasteiger partial charge in [0.2, 0.25) is 0 Å². The highest BCUT2D eigenvalue weighted by Gasteiger charge is 2.36. The zero-order valence-electron chi connectivity index (χ0n) is 10.3. The number of fused-ring (bicyclic) bond motifs is 1. The summed E-state index contributed by atoms with van der Waals surface area (Å²) < 4.78 is 7.22. The van der Waals surface area contributed by atoms with Gasteiger partial charge in [-0.3, -0.25) is 0 Å². The van der Waals surface area contributed by atoms with E-state index in [9.17, 15) is 0 Å². The number of benzene rings is 1. The third kappa shape index (κ3) is 0.758. The molecule has 0 fully saturated rings. The van der Waals surface area contributed by atoms with Crippen LogP contribution in [0.3, 0.4) is 0 Å². The molecular formula is C16H11N3+2. The monoisotopic (exact) mass is 245 g/mol. The molecule has 3 aromatic heterocycles. The van der Waals surface area contributed by atoms with Crippen molar-refractivity contribution in [2.45, 2.75) is 13.1 Å². The Morgan fingerprint density at radius 2 is 1.84 bits per heavy atom. The quantitative estimate of drug-likeness (QED) is 0.284. The molecule has 0 N–H and O–H groups in total. The van der Waals surface area contributed by atoms with Crippen LogP contribution in [-0.4, -0.2) is 4.40 Å². The molecule has 2 aliphatic rings. The Kier molecular flexibility index (Phi) is 1.13. The van der Waals surface area contributed by atoms with Gasteiger partial charge in [0.25, 0.3) is 11.3 Å². The molecular weight excluding hydrogens is 234 g/mol. The van der Waals surface area contributed by atoms with Crippen molar-refractivity contribution >= 4 is 27.5 Å². The first-order valence-electron chi connectivity index (χ1n) is 6.71. The summed E-state index contributed by atoms with van der Waals surface area (Å²) in [6.07, 6.45) is 4.51. The molecule has 0 unspecified atom stereocenters. The van der Waals surface area contributed by atoms with Crippen molar-refractivity contribution in [1.29, 1.82) is 0 Å². The van der Waals surface area contributed by atoms with Crippen LogP contribution in [0.15, 0.2) is 42.7 Å². The van der Waals surface area contributed by atoms with E-state index in [0.29, 0.717) is 0 Å². The zero-order chi connectivity index (χ0) is 12.1. The first-order valence-corrected chi connectivity index (χ1v) is 6.71. The average molecular weight is 245 g/mol. The number of nitrogens with zero attached hydrogens (tertiary/aromatic N) is 3. The van der Waals surface area contributed by atoms with Crippen LogP contribution in [0.2, 0.25) is 0 Å². The number of hydrogen-bond acceptors (Lipinski definition) is 0. The van der Waals surface area contributed by atoms with Crippen molar-refractivity contribution in [1.82, 2.24) is 4.40 Å². The summed E-state index contributed by atoms with van der Waals surface area (Å²) >= 11 is 0. The Hall–Kier alpha value is -2.42. The summed E-state index contributed by atoms with van der Waals surface area (Å²) in [6, 6.07) is 11.1. The fourth-order valence-electron chi connectivity index (χ4n) is 4.00. The molecule has 0 bridgehead atoms. The zero-order valence-corrected chi connectivity index (χ0v) is 10.3. The molecule has 0 radical (unpaired) electrons. The van der Waals surface area contributed by atoms with Gasteiger partial charge in [0.1, 0.15) is 12.7 Å². The molecule has 0 amide bonds. The second kappa shape index (κ2) is 2.48. The number of pyridine rings is 2. The molecule has 2 aliphatic heterocycles. The molecule has 4 aromatic rings. The maximum Gasteiger partial charge on any atom is 0.298 e. The topological polar surface area (TPSA) is 12.2 Å². The van der Waals surface area contributed by atoms with Gasteiger partial charge in [-0.05, 0) is 12.1 Å². The highest BCUT2D eigenvalue weighted by molar-refractivity contribution is 6.11. The number of aromatic nitrogens is 3. The van der Waals surface area contributed by atoms with Gasteiger partial charge in [-0.15, -0.1) is 0 Å². The van der Waals surface area contributed by atoms with E-state index in [2.05, 4.69) is 56.3 Å². The summed E-state index contributed by atoms with van der Waals surface area (Å²) in [5.74, 6) is 0. The van der Waals surface area contributed by atoms with Crippen LogP contribution in [0.5, 0.6) is 0 Å². The van der Waals surface area contributed by atoms with Crippen molar-refractivity contribution in [2.75, 3.05) is 0 Å². The van der Waals surface area contributed by atoms with Crippen LogP contribution in [0.1, 0.15) is 11.3 Å². The van der Waals surface area contributed by atoms with Crippen molar-refractivity contribution in [3.8, 4) is 0 Å². The first-order chi connectivity index (χ1) is 9.42. The third-order valence-corrected chi connectivity index (χ3v) is 4.67. The Bertz CT molecular complexity index is 973. The van der Waals surface area contributed by atoms with Crippen LogP contribution < -0.4 is 9.13 Å². The minimum atomic E-state index is 0.993. The van der Waals surface area contributed by atoms with Gasteiger partial charge in [-0.1, -0.05) is 18.2 Å². The highest BCUT2D eigenvalue weighted by atomic mass is 15.2. The molecule has 3 heteroatoms. The molecule has 0 spiro atoms. The van der Waals surface area contributed by atoms with Gasteiger partial charge < -0.3 is 0 Å². The van der Waals surface area contributed by atoms with E-state index in [4.69, 9.17) is 0 Å². The van der Waals surface area contributed by atoms with Crippen molar-refractivity contribution < 1.29 is 9.13 Å². The van der Waals surface area contributed by atoms with Crippen LogP contribution >= 0.6 is 0 Å². The second-order valence-electron chi connectivity index (χ2n) is 5.62. The van der Waals surface area contributed by atoms with Crippen LogP contribution in [0.4, 0.5) is 0 Å². The fourth-order valence-corrected chi connectivity index (χ4v) is 4.00.